The maximum Gasteiger partial charge on any atom is 0.183 e. The molecule has 0 bridgehead atoms. The summed E-state index contributed by atoms with van der Waals surface area (Å²) >= 11 is 0. The smallest absolute Gasteiger partial charge is 0.183 e. The Morgan fingerprint density at radius 2 is 2.29 bits per heavy atom. The molecule has 0 aliphatic heterocycles. The van der Waals surface area contributed by atoms with E-state index in [9.17, 15) is 0 Å². The van der Waals surface area contributed by atoms with Crippen LogP contribution in [0.4, 0.5) is 5.82 Å². The first kappa shape index (κ1) is 8.89. The number of rotatable bonds is 2. The summed E-state index contributed by atoms with van der Waals surface area (Å²) in [6, 6.07) is 0.0599. The van der Waals surface area contributed by atoms with Crippen molar-refractivity contribution < 1.29 is 0 Å². The van der Waals surface area contributed by atoms with Gasteiger partial charge in [-0.25, -0.2) is 15.0 Å². The summed E-state index contributed by atoms with van der Waals surface area (Å²) in [4.78, 5) is 15.2. The van der Waals surface area contributed by atoms with E-state index in [2.05, 4.69) is 19.9 Å². The van der Waals surface area contributed by atoms with Crippen LogP contribution >= 0.6 is 0 Å². The van der Waals surface area contributed by atoms with E-state index >= 15 is 0 Å². The van der Waals surface area contributed by atoms with E-state index in [1.54, 1.807) is 0 Å². The van der Waals surface area contributed by atoms with Gasteiger partial charge in [-0.2, -0.15) is 0 Å². The number of imidazole rings is 1. The molecular weight excluding hydrogens is 180 g/mol. The number of nitrogens with zero attached hydrogens (tertiary/aromatic N) is 3. The fourth-order valence-corrected chi connectivity index (χ4v) is 1.30. The van der Waals surface area contributed by atoms with Crippen molar-refractivity contribution in [1.82, 2.24) is 19.9 Å². The number of anilines is 1. The molecule has 2 aromatic rings. The topological polar surface area (TPSA) is 106 Å². The molecule has 1 atom stereocenters. The molecule has 2 aromatic heterocycles. The zero-order chi connectivity index (χ0) is 10.1. The number of nitrogen functional groups attached to an aromatic ring is 1. The summed E-state index contributed by atoms with van der Waals surface area (Å²) in [5, 5.41) is 0. The lowest BCUT2D eigenvalue weighted by Crippen LogP contribution is -2.18. The van der Waals surface area contributed by atoms with Crippen LogP contribution in [0.5, 0.6) is 0 Å². The number of H-pyrrole nitrogens is 1. The monoisotopic (exact) mass is 192 g/mol. The highest BCUT2D eigenvalue weighted by atomic mass is 15.0. The molecule has 0 saturated carbocycles. The zero-order valence-corrected chi connectivity index (χ0v) is 7.86. The molecular formula is C8H12N6. The summed E-state index contributed by atoms with van der Waals surface area (Å²) in [5.41, 5.74) is 12.6. The van der Waals surface area contributed by atoms with Crippen LogP contribution in [-0.4, -0.2) is 26.0 Å². The Morgan fingerprint density at radius 1 is 1.50 bits per heavy atom. The average molecular weight is 192 g/mol. The molecule has 0 amide bonds. The molecule has 0 fully saturated rings. The first-order valence-corrected chi connectivity index (χ1v) is 4.37. The van der Waals surface area contributed by atoms with E-state index in [1.807, 2.05) is 6.92 Å². The molecule has 14 heavy (non-hydrogen) atoms. The predicted molar refractivity (Wildman–Crippen MR) is 53.4 cm³/mol. The molecule has 2 heterocycles. The van der Waals surface area contributed by atoms with Crippen LogP contribution in [-0.2, 0) is 6.42 Å². The summed E-state index contributed by atoms with van der Waals surface area (Å²) in [6.45, 7) is 1.92. The molecule has 0 aliphatic carbocycles. The van der Waals surface area contributed by atoms with Gasteiger partial charge in [0.15, 0.2) is 11.5 Å². The van der Waals surface area contributed by atoms with Crippen LogP contribution in [0, 0.1) is 0 Å². The van der Waals surface area contributed by atoms with Crippen molar-refractivity contribution in [2.45, 2.75) is 19.4 Å². The van der Waals surface area contributed by atoms with Crippen molar-refractivity contribution in [3.8, 4) is 0 Å². The zero-order valence-electron chi connectivity index (χ0n) is 7.86. The third-order valence-electron chi connectivity index (χ3n) is 1.88. The second-order valence-corrected chi connectivity index (χ2v) is 3.32. The quantitative estimate of drug-likeness (QED) is 0.612. The standard InChI is InChI=1S/C8H12N6/c1-4(9)2-5-13-6-7(10)11-3-12-8(6)14-5/h3-4H,2,9H2,1H3,(H3,10,11,12,13,14). The first-order chi connectivity index (χ1) is 6.66. The van der Waals surface area contributed by atoms with Crippen molar-refractivity contribution in [3.05, 3.63) is 12.2 Å². The van der Waals surface area contributed by atoms with Crippen molar-refractivity contribution in [2.75, 3.05) is 5.73 Å². The minimum Gasteiger partial charge on any atom is -0.382 e. The highest BCUT2D eigenvalue weighted by Crippen LogP contribution is 2.13. The van der Waals surface area contributed by atoms with Gasteiger partial charge in [0.05, 0.1) is 0 Å². The van der Waals surface area contributed by atoms with Crippen LogP contribution in [0.15, 0.2) is 6.33 Å². The van der Waals surface area contributed by atoms with E-state index in [0.717, 1.165) is 5.82 Å². The summed E-state index contributed by atoms with van der Waals surface area (Å²) in [7, 11) is 0. The van der Waals surface area contributed by atoms with Gasteiger partial charge in [0, 0.05) is 12.5 Å². The first-order valence-electron chi connectivity index (χ1n) is 4.37. The van der Waals surface area contributed by atoms with Gasteiger partial charge in [0.25, 0.3) is 0 Å². The summed E-state index contributed by atoms with van der Waals surface area (Å²) < 4.78 is 0. The lowest BCUT2D eigenvalue weighted by Gasteiger charge is -1.98. The Bertz CT molecular complexity index is 446. The van der Waals surface area contributed by atoms with E-state index in [0.29, 0.717) is 23.4 Å². The Hall–Kier alpha value is -1.69. The molecule has 0 aliphatic rings. The van der Waals surface area contributed by atoms with Crippen LogP contribution in [0.2, 0.25) is 0 Å². The highest BCUT2D eigenvalue weighted by molar-refractivity contribution is 5.80. The van der Waals surface area contributed by atoms with Gasteiger partial charge in [0.2, 0.25) is 0 Å². The van der Waals surface area contributed by atoms with Crippen LogP contribution in [0.3, 0.4) is 0 Å². The lowest BCUT2D eigenvalue weighted by molar-refractivity contribution is 0.711. The highest BCUT2D eigenvalue weighted by Gasteiger charge is 2.08. The third-order valence-corrected chi connectivity index (χ3v) is 1.88. The van der Waals surface area contributed by atoms with Gasteiger partial charge in [-0.15, -0.1) is 0 Å². The molecule has 0 radical (unpaired) electrons. The predicted octanol–water partition coefficient (Wildman–Crippen LogP) is -0.175. The van der Waals surface area contributed by atoms with Crippen LogP contribution < -0.4 is 11.5 Å². The molecule has 0 spiro atoms. The van der Waals surface area contributed by atoms with Gasteiger partial charge < -0.3 is 16.5 Å². The molecule has 0 aromatic carbocycles. The van der Waals surface area contributed by atoms with Crippen molar-refractivity contribution in [3.63, 3.8) is 0 Å². The van der Waals surface area contributed by atoms with E-state index < -0.39 is 0 Å². The maximum absolute atomic E-state index is 5.66. The Morgan fingerprint density at radius 3 is 2.93 bits per heavy atom. The van der Waals surface area contributed by atoms with Crippen LogP contribution in [0.1, 0.15) is 12.7 Å². The van der Waals surface area contributed by atoms with Crippen LogP contribution in [0.25, 0.3) is 11.2 Å². The normalized spacial score (nSPS) is 13.3. The molecule has 5 N–H and O–H groups in total. The van der Waals surface area contributed by atoms with Gasteiger partial charge >= 0.3 is 0 Å². The molecule has 0 saturated heterocycles. The Balaban J connectivity index is 2.46. The van der Waals surface area contributed by atoms with E-state index in [1.165, 1.54) is 6.33 Å². The molecule has 2 rings (SSSR count). The van der Waals surface area contributed by atoms with Crippen molar-refractivity contribution in [1.29, 1.82) is 0 Å². The summed E-state index contributed by atoms with van der Waals surface area (Å²) in [6.07, 6.45) is 2.07. The summed E-state index contributed by atoms with van der Waals surface area (Å²) in [5.74, 6) is 1.21. The second kappa shape index (κ2) is 3.22. The molecule has 74 valence electrons. The number of fused-ring (bicyclic) bond motifs is 1. The molecule has 1 unspecified atom stereocenters. The molecule has 6 nitrogen and oxygen atoms in total. The SMILES string of the molecule is CC(N)Cc1nc2ncnc(N)c2[nH]1. The number of nitrogens with one attached hydrogen (secondary N) is 1. The van der Waals surface area contributed by atoms with Crippen molar-refractivity contribution >= 4 is 17.0 Å². The third kappa shape index (κ3) is 1.51. The number of hydrogen-bond acceptors (Lipinski definition) is 5. The lowest BCUT2D eigenvalue weighted by atomic mass is 10.2. The fourth-order valence-electron chi connectivity index (χ4n) is 1.30. The minimum atomic E-state index is 0.0599. The maximum atomic E-state index is 5.66. The van der Waals surface area contributed by atoms with Gasteiger partial charge in [-0.3, -0.25) is 0 Å². The number of nitrogens with two attached hydrogens (primary N) is 2. The van der Waals surface area contributed by atoms with E-state index in [-0.39, 0.29) is 6.04 Å². The fraction of sp³-hybridized carbons (Fsp3) is 0.375. The van der Waals surface area contributed by atoms with Gasteiger partial charge in [-0.05, 0) is 6.92 Å². The Kier molecular flexibility index (Phi) is 2.05. The Labute approximate surface area is 80.8 Å². The number of hydrogen-bond donors (Lipinski definition) is 3. The van der Waals surface area contributed by atoms with Gasteiger partial charge in [-0.1, -0.05) is 0 Å². The van der Waals surface area contributed by atoms with E-state index in [4.69, 9.17) is 11.5 Å². The average Bonchev–Trinajstić information content (AvgIpc) is 2.47. The van der Waals surface area contributed by atoms with Crippen molar-refractivity contribution in [2.24, 2.45) is 5.73 Å². The largest absolute Gasteiger partial charge is 0.382 e. The second-order valence-electron chi connectivity index (χ2n) is 3.32. The minimum absolute atomic E-state index is 0.0599. The number of aromatic amines is 1. The number of aromatic nitrogens is 4. The molecule has 6 heteroatoms. The van der Waals surface area contributed by atoms with Gasteiger partial charge in [0.1, 0.15) is 17.7 Å².